The van der Waals surface area contributed by atoms with E-state index in [1.165, 1.54) is 20.5 Å². The van der Waals surface area contributed by atoms with Crippen molar-refractivity contribution >= 4 is 22.8 Å². The molecular formula is C20H16O6. The molecule has 1 aliphatic rings. The minimum Gasteiger partial charge on any atom is -0.497 e. The average molecular weight is 352 g/mol. The first-order valence-corrected chi connectivity index (χ1v) is 7.91. The normalized spacial score (nSPS) is 14.4. The summed E-state index contributed by atoms with van der Waals surface area (Å²) in [5, 5.41) is 0.658. The third kappa shape index (κ3) is 2.30. The molecule has 1 aliphatic heterocycles. The molecule has 0 spiro atoms. The van der Waals surface area contributed by atoms with Crippen LogP contribution in [-0.4, -0.2) is 27.1 Å². The van der Waals surface area contributed by atoms with Gasteiger partial charge in [-0.05, 0) is 29.8 Å². The third-order valence-electron chi connectivity index (χ3n) is 4.26. The summed E-state index contributed by atoms with van der Waals surface area (Å²) in [4.78, 5) is 13.0. The van der Waals surface area contributed by atoms with Crippen molar-refractivity contribution < 1.29 is 28.2 Å². The second kappa shape index (κ2) is 6.15. The Morgan fingerprint density at radius 2 is 1.65 bits per heavy atom. The molecule has 132 valence electrons. The fraction of sp³-hybridized carbons (Fsp3) is 0.150. The first-order chi connectivity index (χ1) is 12.7. The van der Waals surface area contributed by atoms with E-state index in [4.69, 9.17) is 23.4 Å². The lowest BCUT2D eigenvalue weighted by Crippen LogP contribution is -2.00. The third-order valence-corrected chi connectivity index (χ3v) is 4.26. The number of furan rings is 1. The molecule has 0 saturated carbocycles. The lowest BCUT2D eigenvalue weighted by atomic mass is 10.0. The Hall–Kier alpha value is -3.41. The number of ether oxygens (including phenoxy) is 4. The summed E-state index contributed by atoms with van der Waals surface area (Å²) in [5.41, 5.74) is 1.61. The van der Waals surface area contributed by atoms with Crippen LogP contribution in [0.4, 0.5) is 0 Å². The number of hydrogen-bond acceptors (Lipinski definition) is 6. The molecule has 0 unspecified atom stereocenters. The zero-order valence-corrected chi connectivity index (χ0v) is 14.5. The summed E-state index contributed by atoms with van der Waals surface area (Å²) in [6, 6.07) is 9.04. The Morgan fingerprint density at radius 3 is 2.31 bits per heavy atom. The van der Waals surface area contributed by atoms with Gasteiger partial charge in [-0.15, -0.1) is 0 Å². The monoisotopic (exact) mass is 352 g/mol. The van der Waals surface area contributed by atoms with Crippen molar-refractivity contribution in [2.24, 2.45) is 0 Å². The van der Waals surface area contributed by atoms with Gasteiger partial charge in [0.25, 0.3) is 0 Å². The number of rotatable bonds is 4. The largest absolute Gasteiger partial charge is 0.497 e. The molecule has 3 aromatic rings. The molecule has 0 aliphatic carbocycles. The van der Waals surface area contributed by atoms with Crippen LogP contribution in [0.25, 0.3) is 17.0 Å². The molecule has 2 heterocycles. The maximum atomic E-state index is 13.0. The van der Waals surface area contributed by atoms with E-state index in [0.29, 0.717) is 33.8 Å². The molecule has 0 atom stereocenters. The van der Waals surface area contributed by atoms with Crippen molar-refractivity contribution in [3.05, 3.63) is 53.5 Å². The first-order valence-electron chi connectivity index (χ1n) is 7.91. The van der Waals surface area contributed by atoms with Gasteiger partial charge in [0.1, 0.15) is 17.1 Å². The highest BCUT2D eigenvalue weighted by Gasteiger charge is 2.37. The molecular weight excluding hydrogens is 336 g/mol. The van der Waals surface area contributed by atoms with Crippen LogP contribution in [-0.2, 0) is 0 Å². The molecule has 26 heavy (non-hydrogen) atoms. The van der Waals surface area contributed by atoms with Crippen LogP contribution < -0.4 is 18.9 Å². The summed E-state index contributed by atoms with van der Waals surface area (Å²) >= 11 is 0. The van der Waals surface area contributed by atoms with Gasteiger partial charge in [-0.1, -0.05) is 12.1 Å². The van der Waals surface area contributed by atoms with Crippen LogP contribution in [0.15, 0.2) is 46.8 Å². The van der Waals surface area contributed by atoms with E-state index in [-0.39, 0.29) is 11.5 Å². The number of methoxy groups -OCH3 is 3. The molecule has 4 rings (SSSR count). The molecule has 6 nitrogen and oxygen atoms in total. The van der Waals surface area contributed by atoms with E-state index in [0.717, 1.165) is 11.3 Å². The Balaban J connectivity index is 1.85. The molecule has 0 amide bonds. The van der Waals surface area contributed by atoms with E-state index in [9.17, 15) is 4.79 Å². The molecule has 2 aromatic carbocycles. The molecule has 0 radical (unpaired) electrons. The SMILES string of the molecule is COc1ccc(/C=C2\Oc3c(c(OC)c4ccoc4c3OC)C2=O)cc1. The van der Waals surface area contributed by atoms with Gasteiger partial charge in [0.2, 0.25) is 11.5 Å². The second-order valence-electron chi connectivity index (χ2n) is 5.65. The van der Waals surface area contributed by atoms with E-state index in [1.807, 2.05) is 24.3 Å². The molecule has 0 saturated heterocycles. The Labute approximate surface area is 149 Å². The maximum absolute atomic E-state index is 13.0. The Bertz CT molecular complexity index is 1030. The molecule has 6 heteroatoms. The summed E-state index contributed by atoms with van der Waals surface area (Å²) < 4.78 is 27.4. The number of Topliss-reactive ketones (excluding diaryl/α,β-unsaturated/α-hetero) is 1. The smallest absolute Gasteiger partial charge is 0.235 e. The summed E-state index contributed by atoms with van der Waals surface area (Å²) in [6.07, 6.45) is 3.19. The Morgan fingerprint density at radius 1 is 0.923 bits per heavy atom. The fourth-order valence-corrected chi connectivity index (χ4v) is 3.05. The minimum atomic E-state index is -0.269. The molecule has 0 bridgehead atoms. The fourth-order valence-electron chi connectivity index (χ4n) is 3.05. The van der Waals surface area contributed by atoms with Crippen molar-refractivity contribution in [3.63, 3.8) is 0 Å². The summed E-state index contributed by atoms with van der Waals surface area (Å²) in [6.45, 7) is 0. The van der Waals surface area contributed by atoms with Crippen molar-refractivity contribution in [2.75, 3.05) is 21.3 Å². The van der Waals surface area contributed by atoms with E-state index < -0.39 is 0 Å². The topological polar surface area (TPSA) is 67.1 Å². The quantitative estimate of drug-likeness (QED) is 0.659. The average Bonchev–Trinajstić information content (AvgIpc) is 3.26. The van der Waals surface area contributed by atoms with Crippen LogP contribution in [0.2, 0.25) is 0 Å². The highest BCUT2D eigenvalue weighted by Crippen LogP contribution is 2.50. The maximum Gasteiger partial charge on any atom is 0.235 e. The van der Waals surface area contributed by atoms with Crippen LogP contribution >= 0.6 is 0 Å². The van der Waals surface area contributed by atoms with Crippen LogP contribution in [0.1, 0.15) is 15.9 Å². The van der Waals surface area contributed by atoms with Gasteiger partial charge in [-0.3, -0.25) is 4.79 Å². The number of fused-ring (bicyclic) bond motifs is 2. The van der Waals surface area contributed by atoms with Gasteiger partial charge in [0.05, 0.1) is 33.0 Å². The zero-order valence-electron chi connectivity index (χ0n) is 14.5. The van der Waals surface area contributed by atoms with Crippen LogP contribution in [0.3, 0.4) is 0 Å². The van der Waals surface area contributed by atoms with Gasteiger partial charge in [-0.25, -0.2) is 0 Å². The van der Waals surface area contributed by atoms with Gasteiger partial charge >= 0.3 is 0 Å². The highest BCUT2D eigenvalue weighted by atomic mass is 16.5. The second-order valence-corrected chi connectivity index (χ2v) is 5.65. The predicted octanol–water partition coefficient (Wildman–Crippen LogP) is 4.07. The zero-order chi connectivity index (χ0) is 18.3. The van der Waals surface area contributed by atoms with Crippen molar-refractivity contribution in [1.29, 1.82) is 0 Å². The number of hydrogen-bond donors (Lipinski definition) is 0. The van der Waals surface area contributed by atoms with E-state index >= 15 is 0 Å². The number of benzene rings is 2. The van der Waals surface area contributed by atoms with Crippen LogP contribution in [0, 0.1) is 0 Å². The number of ketones is 1. The van der Waals surface area contributed by atoms with Crippen molar-refractivity contribution in [2.45, 2.75) is 0 Å². The lowest BCUT2D eigenvalue weighted by Gasteiger charge is -2.10. The Kier molecular flexibility index (Phi) is 3.80. The minimum absolute atomic E-state index is 0.189. The van der Waals surface area contributed by atoms with Gasteiger partial charge in [0, 0.05) is 0 Å². The van der Waals surface area contributed by atoms with Crippen molar-refractivity contribution in [3.8, 4) is 23.0 Å². The summed E-state index contributed by atoms with van der Waals surface area (Å²) in [5.74, 6) is 1.73. The van der Waals surface area contributed by atoms with Gasteiger partial charge < -0.3 is 23.4 Å². The van der Waals surface area contributed by atoms with E-state index in [2.05, 4.69) is 0 Å². The predicted molar refractivity (Wildman–Crippen MR) is 95.2 cm³/mol. The van der Waals surface area contributed by atoms with Gasteiger partial charge in [0.15, 0.2) is 17.1 Å². The highest BCUT2D eigenvalue weighted by molar-refractivity contribution is 6.20. The van der Waals surface area contributed by atoms with Gasteiger partial charge in [-0.2, -0.15) is 0 Å². The molecule has 0 N–H and O–H groups in total. The number of allylic oxidation sites excluding steroid dienone is 1. The summed E-state index contributed by atoms with van der Waals surface area (Å²) in [7, 11) is 4.61. The van der Waals surface area contributed by atoms with Crippen LogP contribution in [0.5, 0.6) is 23.0 Å². The van der Waals surface area contributed by atoms with E-state index in [1.54, 1.807) is 19.3 Å². The number of carbonyl (C=O) groups is 1. The lowest BCUT2D eigenvalue weighted by molar-refractivity contribution is 0.101. The van der Waals surface area contributed by atoms with Crippen molar-refractivity contribution in [1.82, 2.24) is 0 Å². The molecule has 0 fully saturated rings. The standard InChI is InChI=1S/C20H16O6/c1-22-12-6-4-11(5-7-12)10-14-16(21)15-17(23-2)13-8-9-25-18(13)20(24-3)19(15)26-14/h4-10H,1-3H3/b14-10-. The molecule has 1 aromatic heterocycles. The number of carbonyl (C=O) groups excluding carboxylic acids is 1. The first kappa shape index (κ1) is 16.1.